The summed E-state index contributed by atoms with van der Waals surface area (Å²) in [6.45, 7) is 7.91. The van der Waals surface area contributed by atoms with Gasteiger partial charge in [0, 0.05) is 11.6 Å². The van der Waals surface area contributed by atoms with Crippen LogP contribution in [0.2, 0.25) is 0 Å². The lowest BCUT2D eigenvalue weighted by Crippen LogP contribution is -2.22. The number of rotatable bonds is 19. The summed E-state index contributed by atoms with van der Waals surface area (Å²) >= 11 is 0. The van der Waals surface area contributed by atoms with E-state index in [0.29, 0.717) is 24.7 Å². The number of benzene rings is 2. The highest BCUT2D eigenvalue weighted by molar-refractivity contribution is 5.78. The van der Waals surface area contributed by atoms with Gasteiger partial charge >= 0.3 is 0 Å². The van der Waals surface area contributed by atoms with Crippen LogP contribution in [0.1, 0.15) is 96.5 Å². The van der Waals surface area contributed by atoms with Gasteiger partial charge in [-0.15, -0.1) is 0 Å². The molecule has 2 aromatic rings. The number of unbranched alkanes of at least 4 members (excludes halogenated alkanes) is 10. The zero-order valence-electron chi connectivity index (χ0n) is 22.5. The Labute approximate surface area is 213 Å². The average molecular weight is 484 g/mol. The summed E-state index contributed by atoms with van der Waals surface area (Å²) in [6.07, 6.45) is 14.7. The lowest BCUT2D eigenvalue weighted by molar-refractivity contribution is -0.210. The summed E-state index contributed by atoms with van der Waals surface area (Å²) in [6, 6.07) is 10.1. The van der Waals surface area contributed by atoms with Crippen LogP contribution in [0.25, 0.3) is 11.1 Å². The van der Waals surface area contributed by atoms with E-state index in [2.05, 4.69) is 32.0 Å². The number of hydrogen-bond acceptors (Lipinski definition) is 4. The first-order chi connectivity index (χ1) is 17.1. The van der Waals surface area contributed by atoms with E-state index >= 15 is 0 Å². The highest BCUT2D eigenvalue weighted by Gasteiger charge is 2.17. The molecule has 0 aliphatic heterocycles. The van der Waals surface area contributed by atoms with Gasteiger partial charge in [0.25, 0.3) is 0 Å². The second kappa shape index (κ2) is 17.0. The van der Waals surface area contributed by atoms with E-state index in [1.807, 2.05) is 24.3 Å². The predicted molar refractivity (Wildman–Crippen MR) is 145 cm³/mol. The summed E-state index contributed by atoms with van der Waals surface area (Å²) in [5.74, 6) is 2.34. The number of ether oxygens (including phenoxy) is 3. The quantitative estimate of drug-likeness (QED) is 0.163. The maximum Gasteiger partial charge on any atom is 0.175 e. The summed E-state index contributed by atoms with van der Waals surface area (Å²) in [7, 11) is 1.69. The number of nitrogens with zero attached hydrogens (tertiary/aromatic N) is 1. The molecular formula is C30H47N2O3+. The van der Waals surface area contributed by atoms with Crippen LogP contribution in [-0.2, 0) is 0 Å². The SMILES string of the molecule is CCCCCCCCOc1cc(-c2ccc(OC)cc2C)c(OCCCCCCCC)cc1N=[NH2+]. The molecule has 0 spiro atoms. The minimum absolute atomic E-state index is 0.629. The lowest BCUT2D eigenvalue weighted by Gasteiger charge is -2.17. The molecule has 2 N–H and O–H groups in total. The molecule has 35 heavy (non-hydrogen) atoms. The molecule has 0 radical (unpaired) electrons. The van der Waals surface area contributed by atoms with Crippen molar-refractivity contribution in [2.75, 3.05) is 20.3 Å². The molecular weight excluding hydrogens is 436 g/mol. The van der Waals surface area contributed by atoms with Crippen molar-refractivity contribution >= 4 is 5.69 Å². The maximum absolute atomic E-state index is 6.29. The Morgan fingerprint density at radius 2 is 1.26 bits per heavy atom. The standard InChI is InChI=1S/C30H46N2O3/c1-5-7-9-11-13-15-19-34-29-23-28(32-31)30(35-20-16-14-12-10-8-6-2)22-27(29)26-18-17-25(33-4)21-24(26)3/h17-18,21-23,31H,5-16,19-20H2,1-4H3/p+1. The minimum Gasteiger partial charge on any atom is -0.497 e. The zero-order chi connectivity index (χ0) is 25.3. The third-order valence-electron chi connectivity index (χ3n) is 6.43. The van der Waals surface area contributed by atoms with Gasteiger partial charge in [-0.25, -0.2) is 0 Å². The Morgan fingerprint density at radius 1 is 0.686 bits per heavy atom. The minimum atomic E-state index is 0.629. The van der Waals surface area contributed by atoms with Crippen molar-refractivity contribution in [1.82, 2.24) is 0 Å². The molecule has 0 unspecified atom stereocenters. The largest absolute Gasteiger partial charge is 0.497 e. The van der Waals surface area contributed by atoms with Crippen LogP contribution in [0.3, 0.4) is 0 Å². The van der Waals surface area contributed by atoms with Crippen LogP contribution in [-0.4, -0.2) is 20.3 Å². The topological polar surface area (TPSA) is 65.6 Å². The number of methoxy groups -OCH3 is 1. The third kappa shape index (κ3) is 9.91. The van der Waals surface area contributed by atoms with E-state index in [1.54, 1.807) is 7.11 Å². The summed E-state index contributed by atoms with van der Waals surface area (Å²) in [5.41, 5.74) is 9.60. The van der Waals surface area contributed by atoms with Gasteiger partial charge in [0.15, 0.2) is 11.4 Å². The molecule has 0 aliphatic rings. The molecule has 5 heteroatoms. The van der Waals surface area contributed by atoms with Crippen LogP contribution in [0, 0.1) is 6.92 Å². The van der Waals surface area contributed by atoms with Crippen LogP contribution < -0.4 is 19.7 Å². The van der Waals surface area contributed by atoms with Crippen molar-refractivity contribution in [2.45, 2.75) is 97.8 Å². The van der Waals surface area contributed by atoms with Gasteiger partial charge in [-0.2, -0.15) is 5.53 Å². The van der Waals surface area contributed by atoms with E-state index in [9.17, 15) is 0 Å². The van der Waals surface area contributed by atoms with Gasteiger partial charge in [-0.1, -0.05) is 84.1 Å². The van der Waals surface area contributed by atoms with Crippen LogP contribution >= 0.6 is 0 Å². The second-order valence-corrected chi connectivity index (χ2v) is 9.36. The molecule has 2 aromatic carbocycles. The van der Waals surface area contributed by atoms with Gasteiger partial charge in [-0.3, -0.25) is 0 Å². The molecule has 2 rings (SSSR count). The van der Waals surface area contributed by atoms with Crippen molar-refractivity contribution < 1.29 is 19.7 Å². The van der Waals surface area contributed by atoms with E-state index in [-0.39, 0.29) is 0 Å². The van der Waals surface area contributed by atoms with Crippen molar-refractivity contribution in [1.29, 1.82) is 0 Å². The monoisotopic (exact) mass is 483 g/mol. The van der Waals surface area contributed by atoms with Gasteiger partial charge in [0.1, 0.15) is 11.5 Å². The molecule has 0 fully saturated rings. The Bertz CT molecular complexity index is 882. The zero-order valence-corrected chi connectivity index (χ0v) is 22.5. The average Bonchev–Trinajstić information content (AvgIpc) is 2.87. The Kier molecular flexibility index (Phi) is 13.9. The second-order valence-electron chi connectivity index (χ2n) is 9.36. The first-order valence-electron chi connectivity index (χ1n) is 13.6. The maximum atomic E-state index is 6.29. The number of nitrogens with two attached hydrogens (primary N) is 1. The fourth-order valence-corrected chi connectivity index (χ4v) is 4.29. The Balaban J connectivity index is 2.16. The molecule has 0 bridgehead atoms. The molecule has 0 aromatic heterocycles. The molecule has 0 saturated heterocycles. The number of aryl methyl sites for hydroxylation is 1. The molecule has 0 aliphatic carbocycles. The van der Waals surface area contributed by atoms with Crippen molar-refractivity contribution in [2.24, 2.45) is 5.11 Å². The van der Waals surface area contributed by atoms with Gasteiger partial charge in [-0.05, 0) is 54.2 Å². The summed E-state index contributed by atoms with van der Waals surface area (Å²) < 4.78 is 17.9. The van der Waals surface area contributed by atoms with E-state index < -0.39 is 0 Å². The predicted octanol–water partition coefficient (Wildman–Crippen LogP) is 7.99. The summed E-state index contributed by atoms with van der Waals surface area (Å²) in [4.78, 5) is 0. The summed E-state index contributed by atoms with van der Waals surface area (Å²) in [5, 5.41) is 4.01. The number of hydrogen-bond donors (Lipinski definition) is 1. The lowest BCUT2D eigenvalue weighted by atomic mass is 9.98. The Hall–Kier alpha value is -2.56. The first kappa shape index (κ1) is 28.7. The van der Waals surface area contributed by atoms with E-state index in [4.69, 9.17) is 19.7 Å². The first-order valence-corrected chi connectivity index (χ1v) is 13.6. The molecule has 0 amide bonds. The van der Waals surface area contributed by atoms with Crippen LogP contribution in [0.15, 0.2) is 35.4 Å². The molecule has 0 saturated carbocycles. The fraction of sp³-hybridized carbons (Fsp3) is 0.600. The molecule has 0 atom stereocenters. The van der Waals surface area contributed by atoms with E-state index in [1.165, 1.54) is 64.2 Å². The normalized spacial score (nSPS) is 10.9. The molecule has 5 nitrogen and oxygen atoms in total. The fourth-order valence-electron chi connectivity index (χ4n) is 4.29. The van der Waals surface area contributed by atoms with Crippen LogP contribution in [0.5, 0.6) is 17.2 Å². The van der Waals surface area contributed by atoms with Crippen molar-refractivity contribution in [3.05, 3.63) is 35.9 Å². The highest BCUT2D eigenvalue weighted by Crippen LogP contribution is 2.42. The third-order valence-corrected chi connectivity index (χ3v) is 6.43. The molecule has 194 valence electrons. The van der Waals surface area contributed by atoms with Gasteiger partial charge in [0.05, 0.1) is 20.3 Å². The van der Waals surface area contributed by atoms with Gasteiger partial charge in [0.2, 0.25) is 0 Å². The van der Waals surface area contributed by atoms with Crippen LogP contribution in [0.4, 0.5) is 5.69 Å². The molecule has 0 heterocycles. The van der Waals surface area contributed by atoms with Crippen molar-refractivity contribution in [3.63, 3.8) is 0 Å². The van der Waals surface area contributed by atoms with E-state index in [0.717, 1.165) is 41.0 Å². The highest BCUT2D eigenvalue weighted by atomic mass is 16.5. The smallest absolute Gasteiger partial charge is 0.175 e. The van der Waals surface area contributed by atoms with Crippen molar-refractivity contribution in [3.8, 4) is 28.4 Å². The Morgan fingerprint density at radius 3 is 1.80 bits per heavy atom. The van der Waals surface area contributed by atoms with Gasteiger partial charge < -0.3 is 14.2 Å².